The van der Waals surface area contributed by atoms with Gasteiger partial charge < -0.3 is 9.88 Å². The molecule has 0 fully saturated rings. The van der Waals surface area contributed by atoms with Crippen LogP contribution in [0.2, 0.25) is 0 Å². The Hall–Kier alpha value is -3.80. The Morgan fingerprint density at radius 1 is 0.929 bits per heavy atom. The SMILES string of the molecule is Fc1nc(Nc2ccc3c(ccn3Cc3ccccn3)c2)c2ccccc2n1. The van der Waals surface area contributed by atoms with E-state index in [1.54, 1.807) is 12.3 Å². The zero-order valence-electron chi connectivity index (χ0n) is 14.9. The Morgan fingerprint density at radius 2 is 1.82 bits per heavy atom. The van der Waals surface area contributed by atoms with E-state index < -0.39 is 6.08 Å². The molecule has 0 saturated carbocycles. The number of nitrogens with one attached hydrogen (secondary N) is 1. The number of nitrogens with zero attached hydrogens (tertiary/aromatic N) is 4. The van der Waals surface area contributed by atoms with E-state index in [0.717, 1.165) is 27.7 Å². The second-order valence-corrected chi connectivity index (χ2v) is 6.52. The molecule has 0 aliphatic rings. The largest absolute Gasteiger partial charge is 0.341 e. The second kappa shape index (κ2) is 6.74. The minimum absolute atomic E-state index is 0.454. The van der Waals surface area contributed by atoms with Gasteiger partial charge in [-0.15, -0.1) is 0 Å². The van der Waals surface area contributed by atoms with Crippen molar-refractivity contribution < 1.29 is 4.39 Å². The molecule has 0 unspecified atom stereocenters. The highest BCUT2D eigenvalue weighted by Crippen LogP contribution is 2.26. The maximum Gasteiger partial charge on any atom is 0.311 e. The first kappa shape index (κ1) is 16.4. The number of hydrogen-bond acceptors (Lipinski definition) is 4. The van der Waals surface area contributed by atoms with Crippen LogP contribution in [0.1, 0.15) is 5.69 Å². The molecule has 136 valence electrons. The molecule has 6 heteroatoms. The molecule has 0 radical (unpaired) electrons. The lowest BCUT2D eigenvalue weighted by atomic mass is 10.2. The standard InChI is InChI=1S/C22H16FN5/c23-22-26-19-7-2-1-6-18(19)21(27-22)25-16-8-9-20-15(13-16)10-12-28(20)14-17-5-3-4-11-24-17/h1-13H,14H2,(H,25,26,27). The van der Waals surface area contributed by atoms with Crippen LogP contribution in [0.5, 0.6) is 0 Å². The lowest BCUT2D eigenvalue weighted by Crippen LogP contribution is -2.01. The van der Waals surface area contributed by atoms with Crippen molar-refractivity contribution in [3.8, 4) is 0 Å². The highest BCUT2D eigenvalue weighted by Gasteiger charge is 2.09. The fourth-order valence-electron chi connectivity index (χ4n) is 3.36. The van der Waals surface area contributed by atoms with E-state index >= 15 is 0 Å². The van der Waals surface area contributed by atoms with Gasteiger partial charge in [0.25, 0.3) is 0 Å². The van der Waals surface area contributed by atoms with E-state index in [9.17, 15) is 4.39 Å². The lowest BCUT2D eigenvalue weighted by molar-refractivity contribution is 0.546. The van der Waals surface area contributed by atoms with E-state index in [-0.39, 0.29) is 0 Å². The van der Waals surface area contributed by atoms with Crippen LogP contribution >= 0.6 is 0 Å². The van der Waals surface area contributed by atoms with Crippen LogP contribution in [0.3, 0.4) is 0 Å². The predicted molar refractivity (Wildman–Crippen MR) is 108 cm³/mol. The number of benzene rings is 2. The van der Waals surface area contributed by atoms with E-state index in [1.165, 1.54) is 0 Å². The molecule has 0 saturated heterocycles. The number of pyridine rings is 1. The topological polar surface area (TPSA) is 55.6 Å². The summed E-state index contributed by atoms with van der Waals surface area (Å²) in [6, 6.07) is 21.4. The number of anilines is 2. The van der Waals surface area contributed by atoms with Crippen molar-refractivity contribution in [1.82, 2.24) is 19.5 Å². The minimum Gasteiger partial charge on any atom is -0.341 e. The van der Waals surface area contributed by atoms with Gasteiger partial charge in [-0.05, 0) is 48.5 Å². The van der Waals surface area contributed by atoms with Crippen molar-refractivity contribution >= 4 is 33.3 Å². The molecule has 0 amide bonds. The average Bonchev–Trinajstić information content (AvgIpc) is 3.11. The summed E-state index contributed by atoms with van der Waals surface area (Å²) in [5.41, 5.74) is 3.52. The highest BCUT2D eigenvalue weighted by atomic mass is 19.1. The number of rotatable bonds is 4. The second-order valence-electron chi connectivity index (χ2n) is 6.52. The summed E-state index contributed by atoms with van der Waals surface area (Å²) in [5, 5.41) is 5.08. The first-order valence-electron chi connectivity index (χ1n) is 8.94. The maximum atomic E-state index is 13.8. The number of fused-ring (bicyclic) bond motifs is 2. The maximum absolute atomic E-state index is 13.8. The van der Waals surface area contributed by atoms with Crippen molar-refractivity contribution in [2.75, 3.05) is 5.32 Å². The van der Waals surface area contributed by atoms with Gasteiger partial charge in [0.05, 0.1) is 17.8 Å². The monoisotopic (exact) mass is 369 g/mol. The van der Waals surface area contributed by atoms with Crippen LogP contribution in [0, 0.1) is 6.08 Å². The van der Waals surface area contributed by atoms with Gasteiger partial charge in [0.2, 0.25) is 0 Å². The summed E-state index contributed by atoms with van der Waals surface area (Å²) in [6.07, 6.45) is 3.10. The molecule has 28 heavy (non-hydrogen) atoms. The van der Waals surface area contributed by atoms with Crippen molar-refractivity contribution in [1.29, 1.82) is 0 Å². The highest BCUT2D eigenvalue weighted by molar-refractivity contribution is 5.92. The number of hydrogen-bond donors (Lipinski definition) is 1. The summed E-state index contributed by atoms with van der Waals surface area (Å²) < 4.78 is 15.9. The number of para-hydroxylation sites is 1. The first-order valence-corrected chi connectivity index (χ1v) is 8.94. The minimum atomic E-state index is -0.746. The molecule has 5 rings (SSSR count). The van der Waals surface area contributed by atoms with Gasteiger partial charge in [0.15, 0.2) is 0 Å². The molecule has 3 aromatic heterocycles. The molecule has 5 nitrogen and oxygen atoms in total. The summed E-state index contributed by atoms with van der Waals surface area (Å²) in [7, 11) is 0. The third-order valence-corrected chi connectivity index (χ3v) is 4.67. The van der Waals surface area contributed by atoms with Crippen LogP contribution in [0.4, 0.5) is 15.9 Å². The van der Waals surface area contributed by atoms with E-state index in [4.69, 9.17) is 0 Å². The van der Waals surface area contributed by atoms with Gasteiger partial charge in [-0.2, -0.15) is 9.37 Å². The van der Waals surface area contributed by atoms with Crippen LogP contribution in [-0.4, -0.2) is 19.5 Å². The Bertz CT molecular complexity index is 1280. The van der Waals surface area contributed by atoms with Crippen LogP contribution < -0.4 is 5.32 Å². The van der Waals surface area contributed by atoms with Gasteiger partial charge in [-0.25, -0.2) is 4.98 Å². The molecule has 0 atom stereocenters. The summed E-state index contributed by atoms with van der Waals surface area (Å²) in [6.45, 7) is 0.707. The Labute approximate surface area is 160 Å². The van der Waals surface area contributed by atoms with E-state index in [2.05, 4.69) is 30.9 Å². The molecule has 0 aliphatic heterocycles. The normalized spacial score (nSPS) is 11.2. The zero-order valence-corrected chi connectivity index (χ0v) is 14.9. The molecule has 3 heterocycles. The summed E-state index contributed by atoms with van der Waals surface area (Å²) >= 11 is 0. The molecular formula is C22H16FN5. The van der Waals surface area contributed by atoms with Crippen molar-refractivity contribution in [2.45, 2.75) is 6.54 Å². The molecular weight excluding hydrogens is 353 g/mol. The predicted octanol–water partition coefficient (Wildman–Crippen LogP) is 4.91. The molecule has 2 aromatic carbocycles. The van der Waals surface area contributed by atoms with Crippen molar-refractivity contribution in [3.05, 3.63) is 90.9 Å². The summed E-state index contributed by atoms with van der Waals surface area (Å²) in [5.74, 6) is 0.454. The molecule has 0 spiro atoms. The first-order chi connectivity index (χ1) is 13.8. The van der Waals surface area contributed by atoms with Gasteiger partial charge in [-0.3, -0.25) is 4.98 Å². The number of aromatic nitrogens is 4. The van der Waals surface area contributed by atoms with Crippen LogP contribution in [0.15, 0.2) is 79.1 Å². The molecule has 1 N–H and O–H groups in total. The van der Waals surface area contributed by atoms with Gasteiger partial charge in [0.1, 0.15) is 5.82 Å². The Morgan fingerprint density at radius 3 is 2.71 bits per heavy atom. The van der Waals surface area contributed by atoms with Crippen molar-refractivity contribution in [3.63, 3.8) is 0 Å². The fraction of sp³-hybridized carbons (Fsp3) is 0.0455. The summed E-state index contributed by atoms with van der Waals surface area (Å²) in [4.78, 5) is 12.2. The third kappa shape index (κ3) is 3.05. The van der Waals surface area contributed by atoms with E-state index in [1.807, 2.05) is 60.8 Å². The van der Waals surface area contributed by atoms with Gasteiger partial charge in [-0.1, -0.05) is 18.2 Å². The quantitative estimate of drug-likeness (QED) is 0.457. The molecule has 0 bridgehead atoms. The fourth-order valence-corrected chi connectivity index (χ4v) is 3.36. The third-order valence-electron chi connectivity index (χ3n) is 4.67. The lowest BCUT2D eigenvalue weighted by Gasteiger charge is -2.10. The Kier molecular flexibility index (Phi) is 3.94. The Balaban J connectivity index is 1.48. The smallest absolute Gasteiger partial charge is 0.311 e. The zero-order chi connectivity index (χ0) is 18.9. The average molecular weight is 369 g/mol. The van der Waals surface area contributed by atoms with E-state index in [0.29, 0.717) is 17.9 Å². The van der Waals surface area contributed by atoms with Gasteiger partial charge in [0, 0.05) is 34.4 Å². The number of halogens is 1. The van der Waals surface area contributed by atoms with Crippen molar-refractivity contribution in [2.24, 2.45) is 0 Å². The molecule has 5 aromatic rings. The van der Waals surface area contributed by atoms with Gasteiger partial charge >= 0.3 is 6.08 Å². The van der Waals surface area contributed by atoms with Crippen LogP contribution in [-0.2, 0) is 6.54 Å². The molecule has 0 aliphatic carbocycles. The van der Waals surface area contributed by atoms with Crippen LogP contribution in [0.25, 0.3) is 21.8 Å².